The van der Waals surface area contributed by atoms with Crippen LogP contribution in [0.1, 0.15) is 22.5 Å². The summed E-state index contributed by atoms with van der Waals surface area (Å²) in [5.41, 5.74) is 6.64. The van der Waals surface area contributed by atoms with Gasteiger partial charge in [0.2, 0.25) is 0 Å². The molecule has 1 amide bonds. The van der Waals surface area contributed by atoms with Crippen LogP contribution in [-0.4, -0.2) is 23.4 Å². The summed E-state index contributed by atoms with van der Waals surface area (Å²) < 4.78 is 0.952. The molecule has 0 atom stereocenters. The molecule has 3 nitrogen and oxygen atoms in total. The maximum atomic E-state index is 12.7. The zero-order valence-electron chi connectivity index (χ0n) is 10.9. The Morgan fingerprint density at radius 3 is 2.90 bits per heavy atom. The number of anilines is 1. The van der Waals surface area contributed by atoms with Crippen molar-refractivity contribution in [3.05, 3.63) is 40.8 Å². The molecule has 0 spiro atoms. The third kappa shape index (κ3) is 2.19. The van der Waals surface area contributed by atoms with Gasteiger partial charge in [-0.2, -0.15) is 0 Å². The molecule has 5 heteroatoms. The summed E-state index contributed by atoms with van der Waals surface area (Å²) in [5.74, 6) is -0.0119. The fourth-order valence-corrected chi connectivity index (χ4v) is 3.78. The van der Waals surface area contributed by atoms with Crippen molar-refractivity contribution >= 4 is 44.6 Å². The summed E-state index contributed by atoms with van der Waals surface area (Å²) in [6.07, 6.45) is 3.88. The maximum Gasteiger partial charge on any atom is 0.266 e. The number of benzene rings is 1. The van der Waals surface area contributed by atoms with Crippen LogP contribution in [0.25, 0.3) is 10.1 Å². The third-order valence-corrected chi connectivity index (χ3v) is 4.94. The first-order valence-electron chi connectivity index (χ1n) is 6.52. The van der Waals surface area contributed by atoms with Gasteiger partial charge >= 0.3 is 0 Å². The molecule has 1 aliphatic carbocycles. The van der Waals surface area contributed by atoms with Gasteiger partial charge in [-0.1, -0.05) is 23.7 Å². The standard InChI is InChI=1S/C15H15ClN2OS/c1-2-8-18(9-6-7-9)15(19)14-13(17)12-10(16)4-3-5-11(12)20-14/h2-5,9H,1,6-8,17H2. The normalized spacial score (nSPS) is 14.4. The van der Waals surface area contributed by atoms with Crippen molar-refractivity contribution in [2.24, 2.45) is 0 Å². The number of hydrogen-bond donors (Lipinski definition) is 1. The van der Waals surface area contributed by atoms with Gasteiger partial charge in [-0.05, 0) is 25.0 Å². The Hall–Kier alpha value is -1.52. The number of carbonyl (C=O) groups excluding carboxylic acids is 1. The minimum Gasteiger partial charge on any atom is -0.397 e. The lowest BCUT2D eigenvalue weighted by molar-refractivity contribution is 0.0768. The Morgan fingerprint density at radius 2 is 2.30 bits per heavy atom. The minimum atomic E-state index is -0.0119. The van der Waals surface area contributed by atoms with Crippen LogP contribution in [0, 0.1) is 0 Å². The van der Waals surface area contributed by atoms with Crippen LogP contribution in [0.4, 0.5) is 5.69 Å². The first-order chi connectivity index (χ1) is 9.63. The van der Waals surface area contributed by atoms with Crippen LogP contribution in [0.15, 0.2) is 30.9 Å². The van der Waals surface area contributed by atoms with Crippen LogP contribution in [0.3, 0.4) is 0 Å². The monoisotopic (exact) mass is 306 g/mol. The molecule has 0 aliphatic heterocycles. The second-order valence-corrected chi connectivity index (χ2v) is 6.39. The van der Waals surface area contributed by atoms with Crippen LogP contribution in [0.5, 0.6) is 0 Å². The summed E-state index contributed by atoms with van der Waals surface area (Å²) in [6.45, 7) is 4.28. The zero-order valence-corrected chi connectivity index (χ0v) is 12.5. The quantitative estimate of drug-likeness (QED) is 0.870. The highest BCUT2D eigenvalue weighted by Crippen LogP contribution is 2.39. The fraction of sp³-hybridized carbons (Fsp3) is 0.267. The molecule has 1 aromatic carbocycles. The molecule has 2 aromatic rings. The summed E-state index contributed by atoms with van der Waals surface area (Å²) >= 11 is 7.59. The summed E-state index contributed by atoms with van der Waals surface area (Å²) in [5, 5.41) is 1.38. The molecule has 104 valence electrons. The Kier molecular flexibility index (Phi) is 3.44. The van der Waals surface area contributed by atoms with Crippen molar-refractivity contribution < 1.29 is 4.79 Å². The van der Waals surface area contributed by atoms with Crippen LogP contribution < -0.4 is 5.73 Å². The fourth-order valence-electron chi connectivity index (χ4n) is 2.34. The van der Waals surface area contributed by atoms with E-state index < -0.39 is 0 Å². The number of hydrogen-bond acceptors (Lipinski definition) is 3. The van der Waals surface area contributed by atoms with Crippen molar-refractivity contribution in [2.45, 2.75) is 18.9 Å². The van der Waals surface area contributed by atoms with Gasteiger partial charge in [-0.3, -0.25) is 4.79 Å². The van der Waals surface area contributed by atoms with Crippen molar-refractivity contribution in [3.8, 4) is 0 Å². The Balaban J connectivity index is 2.05. The second kappa shape index (κ2) is 5.11. The van der Waals surface area contributed by atoms with Gasteiger partial charge in [-0.15, -0.1) is 17.9 Å². The van der Waals surface area contributed by atoms with Crippen molar-refractivity contribution in [1.82, 2.24) is 4.90 Å². The molecular formula is C15H15ClN2OS. The third-order valence-electron chi connectivity index (χ3n) is 3.47. The van der Waals surface area contributed by atoms with Crippen LogP contribution in [0.2, 0.25) is 5.02 Å². The van der Waals surface area contributed by atoms with Gasteiger partial charge < -0.3 is 10.6 Å². The molecule has 3 rings (SSSR count). The number of nitrogens with zero attached hydrogens (tertiary/aromatic N) is 1. The van der Waals surface area contributed by atoms with Gasteiger partial charge in [0.05, 0.1) is 10.7 Å². The first kappa shape index (κ1) is 13.5. The van der Waals surface area contributed by atoms with Gasteiger partial charge in [0.15, 0.2) is 0 Å². The highest BCUT2D eigenvalue weighted by Gasteiger charge is 2.34. The highest BCUT2D eigenvalue weighted by molar-refractivity contribution is 7.21. The zero-order chi connectivity index (χ0) is 14.3. The predicted octanol–water partition coefficient (Wildman–Crippen LogP) is 3.93. The average Bonchev–Trinajstić information content (AvgIpc) is 3.20. The van der Waals surface area contributed by atoms with E-state index in [0.29, 0.717) is 28.2 Å². The van der Waals surface area contributed by atoms with Crippen molar-refractivity contribution in [1.29, 1.82) is 0 Å². The van der Waals surface area contributed by atoms with Gasteiger partial charge in [0.1, 0.15) is 4.88 Å². The number of nitrogen functional groups attached to an aromatic ring is 1. The van der Waals surface area contributed by atoms with E-state index in [9.17, 15) is 4.79 Å². The smallest absolute Gasteiger partial charge is 0.266 e. The number of rotatable bonds is 4. The van der Waals surface area contributed by atoms with E-state index >= 15 is 0 Å². The topological polar surface area (TPSA) is 46.3 Å². The minimum absolute atomic E-state index is 0.0119. The molecule has 0 bridgehead atoms. The Labute approximate surface area is 126 Å². The molecular weight excluding hydrogens is 292 g/mol. The molecule has 20 heavy (non-hydrogen) atoms. The number of carbonyl (C=O) groups is 1. The van der Waals surface area contributed by atoms with E-state index in [4.69, 9.17) is 17.3 Å². The second-order valence-electron chi connectivity index (χ2n) is 4.94. The van der Waals surface area contributed by atoms with E-state index in [1.54, 1.807) is 12.1 Å². The van der Waals surface area contributed by atoms with Crippen LogP contribution >= 0.6 is 22.9 Å². The molecule has 1 aromatic heterocycles. The number of thiophene rings is 1. The lowest BCUT2D eigenvalue weighted by Gasteiger charge is -2.20. The SMILES string of the molecule is C=CCN(C(=O)c1sc2cccc(Cl)c2c1N)C1CC1. The molecule has 1 fully saturated rings. The molecule has 0 unspecified atom stereocenters. The lowest BCUT2D eigenvalue weighted by Crippen LogP contribution is -2.33. The van der Waals surface area contributed by atoms with E-state index in [-0.39, 0.29) is 5.91 Å². The van der Waals surface area contributed by atoms with Gasteiger partial charge in [-0.25, -0.2) is 0 Å². The Morgan fingerprint density at radius 1 is 1.55 bits per heavy atom. The predicted molar refractivity (Wildman–Crippen MR) is 85.5 cm³/mol. The average molecular weight is 307 g/mol. The summed E-state index contributed by atoms with van der Waals surface area (Å²) in [7, 11) is 0. The summed E-state index contributed by atoms with van der Waals surface area (Å²) in [4.78, 5) is 15.1. The molecule has 2 N–H and O–H groups in total. The maximum absolute atomic E-state index is 12.7. The highest BCUT2D eigenvalue weighted by atomic mass is 35.5. The van der Waals surface area contributed by atoms with Gasteiger partial charge in [0, 0.05) is 22.7 Å². The van der Waals surface area contributed by atoms with Crippen molar-refractivity contribution in [2.75, 3.05) is 12.3 Å². The van der Waals surface area contributed by atoms with E-state index in [2.05, 4.69) is 6.58 Å². The van der Waals surface area contributed by atoms with Crippen molar-refractivity contribution in [3.63, 3.8) is 0 Å². The Bertz CT molecular complexity index is 690. The van der Waals surface area contributed by atoms with E-state index in [1.165, 1.54) is 11.3 Å². The molecule has 1 saturated carbocycles. The number of halogens is 1. The van der Waals surface area contributed by atoms with E-state index in [1.807, 2.05) is 17.0 Å². The lowest BCUT2D eigenvalue weighted by atomic mass is 10.2. The molecule has 0 saturated heterocycles. The number of fused-ring (bicyclic) bond motifs is 1. The molecule has 1 aliphatic rings. The molecule has 1 heterocycles. The number of nitrogens with two attached hydrogens (primary N) is 1. The summed E-state index contributed by atoms with van der Waals surface area (Å²) in [6, 6.07) is 5.94. The molecule has 0 radical (unpaired) electrons. The van der Waals surface area contributed by atoms with E-state index in [0.717, 1.165) is 22.9 Å². The largest absolute Gasteiger partial charge is 0.397 e. The number of amides is 1. The van der Waals surface area contributed by atoms with Crippen LogP contribution in [-0.2, 0) is 0 Å². The first-order valence-corrected chi connectivity index (χ1v) is 7.71. The van der Waals surface area contributed by atoms with Gasteiger partial charge in [0.25, 0.3) is 5.91 Å².